The molecule has 33 heavy (non-hydrogen) atoms. The average molecular weight is 483 g/mol. The van der Waals surface area contributed by atoms with E-state index in [4.69, 9.17) is 0 Å². The van der Waals surface area contributed by atoms with E-state index in [1.165, 1.54) is 76.2 Å². The van der Waals surface area contributed by atoms with Crippen LogP contribution in [0.4, 0.5) is 0 Å². The van der Waals surface area contributed by atoms with Crippen molar-refractivity contribution in [2.24, 2.45) is 0 Å². The maximum absolute atomic E-state index is 12.0. The van der Waals surface area contributed by atoms with Crippen molar-refractivity contribution >= 4 is 20.9 Å². The summed E-state index contributed by atoms with van der Waals surface area (Å²) in [4.78, 5) is -0.0240. The third kappa shape index (κ3) is 10.8. The summed E-state index contributed by atoms with van der Waals surface area (Å²) in [6.45, 7) is 4.46. The van der Waals surface area contributed by atoms with Crippen LogP contribution in [-0.4, -0.2) is 13.0 Å². The molecule has 2 aromatic carbocycles. The first-order valence-corrected chi connectivity index (χ1v) is 14.4. The second-order valence-electron chi connectivity index (χ2n) is 9.25. The van der Waals surface area contributed by atoms with Gasteiger partial charge in [-0.1, -0.05) is 115 Å². The summed E-state index contributed by atoms with van der Waals surface area (Å²) in [7, 11) is -4.47. The number of aryl methyl sites for hydroxylation is 2. The van der Waals surface area contributed by atoms with E-state index in [9.17, 15) is 13.0 Å². The molecular weight excluding hydrogens is 439 g/mol. The maximum atomic E-state index is 12.0. The predicted molar refractivity (Wildman–Crippen MR) is 135 cm³/mol. The van der Waals surface area contributed by atoms with E-state index in [-0.39, 0.29) is 34.5 Å². The molecule has 0 spiro atoms. The summed E-state index contributed by atoms with van der Waals surface area (Å²) in [5.74, 6) is 0. The van der Waals surface area contributed by atoms with Gasteiger partial charge in [0, 0.05) is 0 Å². The average Bonchev–Trinajstić information content (AvgIpc) is 2.77. The van der Waals surface area contributed by atoms with Crippen LogP contribution in [0.1, 0.15) is 115 Å². The van der Waals surface area contributed by atoms with Crippen LogP contribution in [0.25, 0.3) is 10.8 Å². The summed E-state index contributed by atoms with van der Waals surface area (Å²) < 4.78 is 35.9. The van der Waals surface area contributed by atoms with Crippen LogP contribution >= 0.6 is 0 Å². The van der Waals surface area contributed by atoms with Gasteiger partial charge in [0.1, 0.15) is 10.1 Å². The van der Waals surface area contributed by atoms with E-state index in [1.54, 1.807) is 6.07 Å². The quantitative estimate of drug-likeness (QED) is 0.174. The Hall–Kier alpha value is -0.390. The second kappa shape index (κ2) is 17.1. The van der Waals surface area contributed by atoms with Crippen molar-refractivity contribution in [1.29, 1.82) is 0 Å². The molecule has 0 fully saturated rings. The molecule has 0 N–H and O–H groups in total. The van der Waals surface area contributed by atoms with Crippen molar-refractivity contribution in [1.82, 2.24) is 0 Å². The molecule has 0 bridgehead atoms. The molecule has 0 atom stereocenters. The van der Waals surface area contributed by atoms with Crippen molar-refractivity contribution in [3.05, 3.63) is 41.5 Å². The van der Waals surface area contributed by atoms with Crippen LogP contribution in [0.3, 0.4) is 0 Å². The van der Waals surface area contributed by atoms with E-state index >= 15 is 0 Å². The minimum atomic E-state index is -4.47. The first-order chi connectivity index (χ1) is 15.5. The molecule has 2 aromatic rings. The molecule has 0 aromatic heterocycles. The molecular formula is C28H43NaO3S. The van der Waals surface area contributed by atoms with E-state index in [0.717, 1.165) is 42.0 Å². The number of rotatable bonds is 17. The normalized spacial score (nSPS) is 11.6. The maximum Gasteiger partial charge on any atom is 1.00 e. The fourth-order valence-electron chi connectivity index (χ4n) is 4.71. The Labute approximate surface area is 225 Å². The van der Waals surface area contributed by atoms with Crippen LogP contribution in [0.2, 0.25) is 0 Å². The molecule has 0 aliphatic carbocycles. The fraction of sp³-hybridized carbons (Fsp3) is 0.643. The van der Waals surface area contributed by atoms with Gasteiger partial charge in [0.25, 0.3) is 0 Å². The van der Waals surface area contributed by atoms with E-state index < -0.39 is 10.1 Å². The van der Waals surface area contributed by atoms with Gasteiger partial charge in [0.05, 0.1) is 4.90 Å². The van der Waals surface area contributed by atoms with E-state index in [0.29, 0.717) is 6.42 Å². The zero-order valence-corrected chi connectivity index (χ0v) is 24.1. The Morgan fingerprint density at radius 3 is 1.70 bits per heavy atom. The molecule has 180 valence electrons. The summed E-state index contributed by atoms with van der Waals surface area (Å²) >= 11 is 0. The van der Waals surface area contributed by atoms with Crippen LogP contribution < -0.4 is 29.6 Å². The molecule has 0 aliphatic rings. The van der Waals surface area contributed by atoms with Crippen molar-refractivity contribution in [2.75, 3.05) is 0 Å². The Morgan fingerprint density at radius 1 is 0.636 bits per heavy atom. The molecule has 0 aliphatic heterocycles. The predicted octanol–water partition coefficient (Wildman–Crippen LogP) is 5.33. The van der Waals surface area contributed by atoms with Gasteiger partial charge in [-0.15, -0.1) is 0 Å². The number of benzene rings is 2. The van der Waals surface area contributed by atoms with Crippen molar-refractivity contribution in [2.45, 2.75) is 121 Å². The summed E-state index contributed by atoms with van der Waals surface area (Å²) in [5, 5.41) is 2.07. The molecule has 0 unspecified atom stereocenters. The molecule has 0 saturated carbocycles. The van der Waals surface area contributed by atoms with E-state index in [2.05, 4.69) is 19.9 Å². The minimum Gasteiger partial charge on any atom is -0.744 e. The Morgan fingerprint density at radius 2 is 1.15 bits per heavy atom. The number of fused-ring (bicyclic) bond motifs is 1. The summed E-state index contributed by atoms with van der Waals surface area (Å²) in [6, 6.07) is 9.58. The summed E-state index contributed by atoms with van der Waals surface area (Å²) in [6.07, 6.45) is 18.8. The molecule has 0 saturated heterocycles. The third-order valence-corrected chi connectivity index (χ3v) is 7.49. The minimum absolute atomic E-state index is 0. The fourth-order valence-corrected chi connectivity index (χ4v) is 5.46. The Bertz CT molecular complexity index is 909. The van der Waals surface area contributed by atoms with Gasteiger partial charge in [-0.25, -0.2) is 8.42 Å². The Balaban J connectivity index is 0.00000544. The van der Waals surface area contributed by atoms with Crippen LogP contribution in [0.15, 0.2) is 35.2 Å². The van der Waals surface area contributed by atoms with Gasteiger partial charge >= 0.3 is 29.6 Å². The van der Waals surface area contributed by atoms with Gasteiger partial charge in [0.2, 0.25) is 0 Å². The smallest absolute Gasteiger partial charge is 0.744 e. The zero-order valence-electron chi connectivity index (χ0n) is 21.3. The summed E-state index contributed by atoms with van der Waals surface area (Å²) in [5.41, 5.74) is 2.00. The van der Waals surface area contributed by atoms with Gasteiger partial charge in [0.15, 0.2) is 0 Å². The Kier molecular flexibility index (Phi) is 15.9. The molecule has 0 radical (unpaired) electrons. The topological polar surface area (TPSA) is 57.2 Å². The first kappa shape index (κ1) is 30.6. The number of hydrogen-bond donors (Lipinski definition) is 0. The second-order valence-corrected chi connectivity index (χ2v) is 10.6. The molecule has 5 heteroatoms. The largest absolute Gasteiger partial charge is 1.00 e. The molecule has 0 heterocycles. The monoisotopic (exact) mass is 482 g/mol. The van der Waals surface area contributed by atoms with Crippen LogP contribution in [0.5, 0.6) is 0 Å². The number of unbranched alkanes of at least 4 members (excludes halogenated alkanes) is 12. The van der Waals surface area contributed by atoms with Gasteiger partial charge < -0.3 is 4.55 Å². The van der Waals surface area contributed by atoms with Gasteiger partial charge in [-0.05, 0) is 53.6 Å². The van der Waals surface area contributed by atoms with Crippen molar-refractivity contribution < 1.29 is 42.5 Å². The molecule has 0 amide bonds. The first-order valence-electron chi connectivity index (χ1n) is 13.0. The van der Waals surface area contributed by atoms with Crippen LogP contribution in [0, 0.1) is 0 Å². The van der Waals surface area contributed by atoms with Gasteiger partial charge in [-0.2, -0.15) is 0 Å². The van der Waals surface area contributed by atoms with Crippen LogP contribution in [-0.2, 0) is 23.0 Å². The van der Waals surface area contributed by atoms with Crippen molar-refractivity contribution in [3.8, 4) is 0 Å². The third-order valence-electron chi connectivity index (χ3n) is 6.57. The standard InChI is InChI=1S/C28H44O3S.Na/c1-3-5-7-9-11-13-15-18-24-19-17-21-26-25(24)22-23-28(32(29,30)31)27(26)20-16-14-12-10-8-6-4-2;/h17,19,21-23H,3-16,18,20H2,1-2H3,(H,29,30,31);/q;+1/p-1. The van der Waals surface area contributed by atoms with Crippen molar-refractivity contribution in [3.63, 3.8) is 0 Å². The number of hydrogen-bond acceptors (Lipinski definition) is 3. The van der Waals surface area contributed by atoms with Gasteiger partial charge in [-0.3, -0.25) is 0 Å². The zero-order chi connectivity index (χ0) is 23.2. The van der Waals surface area contributed by atoms with E-state index in [1.807, 2.05) is 18.2 Å². The SMILES string of the molecule is CCCCCCCCCc1cccc2c(CCCCCCCCC)c(S(=O)(=O)[O-])ccc12.[Na+]. The molecule has 3 nitrogen and oxygen atoms in total. The molecule has 2 rings (SSSR count).